The zero-order valence-electron chi connectivity index (χ0n) is 17.2. The zero-order chi connectivity index (χ0) is 20.4. The topological polar surface area (TPSA) is 87.7 Å². The van der Waals surface area contributed by atoms with Crippen LogP contribution >= 0.6 is 0 Å². The quantitative estimate of drug-likeness (QED) is 0.803. The lowest BCUT2D eigenvalue weighted by Crippen LogP contribution is -2.36. The van der Waals surface area contributed by atoms with E-state index in [0.29, 0.717) is 30.5 Å². The average molecular weight is 399 g/mol. The molecule has 2 heterocycles. The number of phenols is 1. The van der Waals surface area contributed by atoms with Crippen LogP contribution in [-0.4, -0.2) is 40.7 Å². The van der Waals surface area contributed by atoms with Gasteiger partial charge in [-0.3, -0.25) is 9.69 Å². The molecule has 2 N–H and O–H groups in total. The first-order valence-electron chi connectivity index (χ1n) is 10.4. The molecule has 1 saturated carbocycles. The van der Waals surface area contributed by atoms with Gasteiger partial charge in [-0.1, -0.05) is 19.3 Å². The first-order chi connectivity index (χ1) is 14.1. The molecule has 1 aliphatic heterocycles. The fraction of sp³-hybridized carbons (Fsp3) is 0.545. The van der Waals surface area contributed by atoms with Gasteiger partial charge in [-0.15, -0.1) is 0 Å². The van der Waals surface area contributed by atoms with Crippen molar-refractivity contribution in [2.75, 3.05) is 20.8 Å². The second-order valence-corrected chi connectivity index (χ2v) is 8.00. The standard InChI is InChI=1S/C22H29N3O4/c1-28-19-10-15(26)11-20(29-2)17(19)13-25-9-8-18-16(12-25)22(27)24-21(23-18)14-6-4-3-5-7-14/h10-11,14,26H,3-9,12-13H2,1-2H3,(H,23,24,27). The Morgan fingerprint density at radius 1 is 1.17 bits per heavy atom. The molecule has 0 unspecified atom stereocenters. The SMILES string of the molecule is COc1cc(O)cc(OC)c1CN1CCc2nc(C3CCCCC3)[nH]c(=O)c2C1. The number of fused-ring (bicyclic) bond motifs is 1. The Morgan fingerprint density at radius 3 is 2.52 bits per heavy atom. The van der Waals surface area contributed by atoms with Crippen molar-refractivity contribution in [2.24, 2.45) is 0 Å². The minimum absolute atomic E-state index is 0.00934. The van der Waals surface area contributed by atoms with Gasteiger partial charge in [0.2, 0.25) is 0 Å². The second kappa shape index (κ2) is 8.45. The van der Waals surface area contributed by atoms with E-state index in [1.807, 2.05) is 0 Å². The van der Waals surface area contributed by atoms with Gasteiger partial charge >= 0.3 is 0 Å². The molecule has 1 fully saturated rings. The summed E-state index contributed by atoms with van der Waals surface area (Å²) in [6.45, 7) is 1.91. The van der Waals surface area contributed by atoms with Gasteiger partial charge in [0.15, 0.2) is 0 Å². The summed E-state index contributed by atoms with van der Waals surface area (Å²) in [5, 5.41) is 9.86. The number of aromatic hydroxyl groups is 1. The van der Waals surface area contributed by atoms with Crippen molar-refractivity contribution in [2.45, 2.75) is 57.5 Å². The fourth-order valence-corrected chi connectivity index (χ4v) is 4.55. The summed E-state index contributed by atoms with van der Waals surface area (Å²) in [7, 11) is 3.15. The predicted octanol–water partition coefficient (Wildman–Crippen LogP) is 3.10. The smallest absolute Gasteiger partial charge is 0.255 e. The molecule has 1 aliphatic carbocycles. The van der Waals surface area contributed by atoms with Crippen LogP contribution in [-0.2, 0) is 19.5 Å². The molecule has 156 valence electrons. The van der Waals surface area contributed by atoms with Crippen molar-refractivity contribution in [3.05, 3.63) is 45.1 Å². The van der Waals surface area contributed by atoms with E-state index in [-0.39, 0.29) is 11.3 Å². The minimum Gasteiger partial charge on any atom is -0.508 e. The third-order valence-electron chi connectivity index (χ3n) is 6.13. The molecule has 29 heavy (non-hydrogen) atoms. The van der Waals surface area contributed by atoms with Crippen LogP contribution in [0.3, 0.4) is 0 Å². The summed E-state index contributed by atoms with van der Waals surface area (Å²) in [4.78, 5) is 22.9. The number of nitrogens with zero attached hydrogens (tertiary/aromatic N) is 2. The summed E-state index contributed by atoms with van der Waals surface area (Å²) < 4.78 is 10.9. The zero-order valence-corrected chi connectivity index (χ0v) is 17.2. The number of ether oxygens (including phenoxy) is 2. The van der Waals surface area contributed by atoms with Gasteiger partial charge in [-0.2, -0.15) is 0 Å². The maximum absolute atomic E-state index is 12.8. The van der Waals surface area contributed by atoms with Crippen LogP contribution in [0.5, 0.6) is 17.2 Å². The summed E-state index contributed by atoms with van der Waals surface area (Å²) in [6, 6.07) is 3.17. The molecule has 0 amide bonds. The fourth-order valence-electron chi connectivity index (χ4n) is 4.55. The van der Waals surface area contributed by atoms with Gasteiger partial charge in [-0.05, 0) is 12.8 Å². The number of rotatable bonds is 5. The van der Waals surface area contributed by atoms with Crippen molar-refractivity contribution in [1.29, 1.82) is 0 Å². The van der Waals surface area contributed by atoms with E-state index in [2.05, 4.69) is 9.88 Å². The van der Waals surface area contributed by atoms with Crippen molar-refractivity contribution in [3.8, 4) is 17.2 Å². The van der Waals surface area contributed by atoms with Crippen LogP contribution in [0.4, 0.5) is 0 Å². The number of hydrogen-bond donors (Lipinski definition) is 2. The number of H-pyrrole nitrogens is 1. The van der Waals surface area contributed by atoms with Crippen LogP contribution in [0.15, 0.2) is 16.9 Å². The van der Waals surface area contributed by atoms with E-state index in [9.17, 15) is 9.90 Å². The number of aromatic amines is 1. The molecule has 7 nitrogen and oxygen atoms in total. The Morgan fingerprint density at radius 2 is 1.86 bits per heavy atom. The van der Waals surface area contributed by atoms with E-state index >= 15 is 0 Å². The Hall–Kier alpha value is -2.54. The molecule has 0 saturated heterocycles. The van der Waals surface area contributed by atoms with Gasteiger partial charge in [-0.25, -0.2) is 4.98 Å². The summed E-state index contributed by atoms with van der Waals surface area (Å²) in [5.74, 6) is 2.52. The third kappa shape index (κ3) is 4.10. The van der Waals surface area contributed by atoms with E-state index in [1.54, 1.807) is 26.4 Å². The highest BCUT2D eigenvalue weighted by Gasteiger charge is 2.26. The normalized spacial score (nSPS) is 17.7. The number of aromatic nitrogens is 2. The predicted molar refractivity (Wildman–Crippen MR) is 110 cm³/mol. The Balaban J connectivity index is 1.56. The molecule has 2 aromatic rings. The van der Waals surface area contributed by atoms with Crippen LogP contribution < -0.4 is 15.0 Å². The highest BCUT2D eigenvalue weighted by molar-refractivity contribution is 5.50. The van der Waals surface area contributed by atoms with Gasteiger partial charge < -0.3 is 19.6 Å². The first kappa shape index (κ1) is 19.8. The number of benzene rings is 1. The van der Waals surface area contributed by atoms with E-state index < -0.39 is 0 Å². The molecule has 0 spiro atoms. The van der Waals surface area contributed by atoms with Gasteiger partial charge in [0.05, 0.1) is 31.0 Å². The van der Waals surface area contributed by atoms with Crippen molar-refractivity contribution in [3.63, 3.8) is 0 Å². The van der Waals surface area contributed by atoms with Crippen molar-refractivity contribution >= 4 is 0 Å². The lowest BCUT2D eigenvalue weighted by molar-refractivity contribution is 0.233. The third-order valence-corrected chi connectivity index (χ3v) is 6.13. The molecule has 4 rings (SSSR count). The van der Waals surface area contributed by atoms with Crippen molar-refractivity contribution < 1.29 is 14.6 Å². The van der Waals surface area contributed by atoms with E-state index in [4.69, 9.17) is 14.5 Å². The largest absolute Gasteiger partial charge is 0.508 e. The summed E-state index contributed by atoms with van der Waals surface area (Å²) >= 11 is 0. The summed E-state index contributed by atoms with van der Waals surface area (Å²) in [5.41, 5.74) is 2.55. The van der Waals surface area contributed by atoms with Crippen LogP contribution in [0.2, 0.25) is 0 Å². The molecule has 7 heteroatoms. The highest BCUT2D eigenvalue weighted by Crippen LogP contribution is 2.35. The molecule has 1 aromatic carbocycles. The monoisotopic (exact) mass is 399 g/mol. The molecule has 0 radical (unpaired) electrons. The lowest BCUT2D eigenvalue weighted by Gasteiger charge is -2.29. The Labute approximate surface area is 170 Å². The number of hydrogen-bond acceptors (Lipinski definition) is 6. The summed E-state index contributed by atoms with van der Waals surface area (Å²) in [6.07, 6.45) is 6.71. The average Bonchev–Trinajstić information content (AvgIpc) is 2.75. The van der Waals surface area contributed by atoms with Crippen LogP contribution in [0.25, 0.3) is 0 Å². The number of phenolic OH excluding ortho intramolecular Hbond substituents is 1. The molecule has 2 aliphatic rings. The van der Waals surface area contributed by atoms with Crippen molar-refractivity contribution in [1.82, 2.24) is 14.9 Å². The Kier molecular flexibility index (Phi) is 5.76. The number of methoxy groups -OCH3 is 2. The molecule has 1 aromatic heterocycles. The molecule has 0 bridgehead atoms. The molecular formula is C22H29N3O4. The molecule has 0 atom stereocenters. The van der Waals surface area contributed by atoms with Gasteiger partial charge in [0, 0.05) is 44.1 Å². The van der Waals surface area contributed by atoms with Crippen LogP contribution in [0.1, 0.15) is 60.7 Å². The van der Waals surface area contributed by atoms with E-state index in [0.717, 1.165) is 48.5 Å². The van der Waals surface area contributed by atoms with Gasteiger partial charge in [0.25, 0.3) is 5.56 Å². The van der Waals surface area contributed by atoms with E-state index in [1.165, 1.54) is 19.3 Å². The maximum Gasteiger partial charge on any atom is 0.255 e. The minimum atomic E-state index is -0.00934. The second-order valence-electron chi connectivity index (χ2n) is 8.00. The van der Waals surface area contributed by atoms with Gasteiger partial charge in [0.1, 0.15) is 23.1 Å². The maximum atomic E-state index is 12.8. The van der Waals surface area contributed by atoms with Crippen LogP contribution in [0, 0.1) is 0 Å². The lowest BCUT2D eigenvalue weighted by atomic mass is 9.88. The molecular weight excluding hydrogens is 370 g/mol. The highest BCUT2D eigenvalue weighted by atomic mass is 16.5. The Bertz CT molecular complexity index is 909. The number of nitrogens with one attached hydrogen (secondary N) is 1. The first-order valence-corrected chi connectivity index (χ1v) is 10.4.